The van der Waals surface area contributed by atoms with Gasteiger partial charge in [-0.3, -0.25) is 0 Å². The highest BCUT2D eigenvalue weighted by Crippen LogP contribution is 2.34. The first-order valence-electron chi connectivity index (χ1n) is 10.1. The second kappa shape index (κ2) is 7.47. The highest BCUT2D eigenvalue weighted by Gasteiger charge is 2.31. The fourth-order valence-corrected chi connectivity index (χ4v) is 3.74. The number of anilines is 2. The highest BCUT2D eigenvalue weighted by atomic mass is 16.6. The van der Waals surface area contributed by atoms with Gasteiger partial charge in [0, 0.05) is 24.3 Å². The minimum Gasteiger partial charge on any atom is -0.444 e. The number of likely N-dealkylation sites (tertiary alicyclic amines) is 1. The zero-order valence-electron chi connectivity index (χ0n) is 17.5. The number of piperidine rings is 1. The van der Waals surface area contributed by atoms with Crippen molar-refractivity contribution in [3.05, 3.63) is 30.6 Å². The van der Waals surface area contributed by atoms with Crippen LogP contribution < -0.4 is 11.5 Å². The third-order valence-corrected chi connectivity index (χ3v) is 5.10. The molecule has 3 aromatic rings. The van der Waals surface area contributed by atoms with Crippen LogP contribution >= 0.6 is 0 Å². The summed E-state index contributed by atoms with van der Waals surface area (Å²) in [5.74, 6) is 0.373. The van der Waals surface area contributed by atoms with Gasteiger partial charge in [-0.1, -0.05) is 12.1 Å². The maximum absolute atomic E-state index is 12.6. The Labute approximate surface area is 175 Å². The third kappa shape index (κ3) is 3.87. The van der Waals surface area contributed by atoms with Gasteiger partial charge in [-0.15, -0.1) is 0 Å². The van der Waals surface area contributed by atoms with Gasteiger partial charge in [-0.25, -0.2) is 19.4 Å². The number of aromatic nitrogens is 4. The van der Waals surface area contributed by atoms with E-state index >= 15 is 0 Å². The molecule has 0 bridgehead atoms. The molecular formula is C21H27N7O2. The number of carbonyl (C=O) groups excluding carboxylic acids is 1. The molecule has 0 saturated carbocycles. The first-order valence-corrected chi connectivity index (χ1v) is 10.1. The number of amides is 1. The summed E-state index contributed by atoms with van der Waals surface area (Å²) in [6.07, 6.45) is 2.86. The predicted molar refractivity (Wildman–Crippen MR) is 116 cm³/mol. The molecule has 2 aromatic heterocycles. The summed E-state index contributed by atoms with van der Waals surface area (Å²) in [5.41, 5.74) is 14.4. The molecule has 9 heteroatoms. The lowest BCUT2D eigenvalue weighted by Crippen LogP contribution is -2.43. The van der Waals surface area contributed by atoms with Crippen molar-refractivity contribution < 1.29 is 9.53 Å². The standard InChI is InChI=1S/C21H27N7O2/c1-21(2,3)30-20(29)27-10-4-5-15(11-27)28-19-16(18(23)24-12-25-19)17(26-28)13-6-8-14(22)9-7-13/h6-9,12,15H,4-5,10-11,22H2,1-3H3,(H2,23,24,25). The summed E-state index contributed by atoms with van der Waals surface area (Å²) in [6.45, 7) is 6.76. The van der Waals surface area contributed by atoms with Crippen LogP contribution in [0, 0.1) is 0 Å². The summed E-state index contributed by atoms with van der Waals surface area (Å²) < 4.78 is 7.42. The molecule has 3 heterocycles. The van der Waals surface area contributed by atoms with Gasteiger partial charge in [-0.2, -0.15) is 5.10 Å². The molecule has 1 fully saturated rings. The van der Waals surface area contributed by atoms with Crippen molar-refractivity contribution in [2.75, 3.05) is 24.6 Å². The Hall–Kier alpha value is -3.36. The number of hydrogen-bond acceptors (Lipinski definition) is 7. The predicted octanol–water partition coefficient (Wildman–Crippen LogP) is 3.23. The summed E-state index contributed by atoms with van der Waals surface area (Å²) in [5, 5.41) is 5.56. The molecule has 1 aliphatic heterocycles. The average Bonchev–Trinajstić information content (AvgIpc) is 3.08. The quantitative estimate of drug-likeness (QED) is 0.622. The molecule has 0 radical (unpaired) electrons. The number of fused-ring (bicyclic) bond motifs is 1. The molecule has 0 spiro atoms. The normalized spacial score (nSPS) is 17.3. The van der Waals surface area contributed by atoms with Gasteiger partial charge < -0.3 is 21.1 Å². The molecule has 1 aromatic carbocycles. The number of hydrogen-bond donors (Lipinski definition) is 2. The van der Waals surface area contributed by atoms with Crippen LogP contribution in [-0.2, 0) is 4.74 Å². The van der Waals surface area contributed by atoms with E-state index in [4.69, 9.17) is 21.3 Å². The molecular weight excluding hydrogens is 382 g/mol. The number of carbonyl (C=O) groups is 1. The van der Waals surface area contributed by atoms with Gasteiger partial charge in [0.2, 0.25) is 0 Å². The summed E-state index contributed by atoms with van der Waals surface area (Å²) in [6, 6.07) is 7.42. The highest BCUT2D eigenvalue weighted by molar-refractivity contribution is 5.98. The molecule has 0 aliphatic carbocycles. The maximum atomic E-state index is 12.6. The van der Waals surface area contributed by atoms with Crippen molar-refractivity contribution in [2.45, 2.75) is 45.3 Å². The SMILES string of the molecule is CC(C)(C)OC(=O)N1CCCC(n2nc(-c3ccc(N)cc3)c3c(N)ncnc32)C1. The molecule has 9 nitrogen and oxygen atoms in total. The van der Waals surface area contributed by atoms with Crippen molar-refractivity contribution in [1.82, 2.24) is 24.6 Å². The van der Waals surface area contributed by atoms with E-state index in [-0.39, 0.29) is 12.1 Å². The second-order valence-electron chi connectivity index (χ2n) is 8.60. The van der Waals surface area contributed by atoms with Crippen molar-refractivity contribution in [3.63, 3.8) is 0 Å². The lowest BCUT2D eigenvalue weighted by atomic mass is 10.1. The Bertz CT molecular complexity index is 1070. The Morgan fingerprint density at radius 1 is 1.17 bits per heavy atom. The Kier molecular flexibility index (Phi) is 4.97. The van der Waals surface area contributed by atoms with Gasteiger partial charge >= 0.3 is 6.09 Å². The van der Waals surface area contributed by atoms with Gasteiger partial charge in [0.15, 0.2) is 5.65 Å². The number of nitrogens with zero attached hydrogens (tertiary/aromatic N) is 5. The Balaban J connectivity index is 1.71. The fraction of sp³-hybridized carbons (Fsp3) is 0.429. The van der Waals surface area contributed by atoms with Gasteiger partial charge in [-0.05, 0) is 45.7 Å². The van der Waals surface area contributed by atoms with Crippen molar-refractivity contribution in [2.24, 2.45) is 0 Å². The number of rotatable bonds is 2. The largest absolute Gasteiger partial charge is 0.444 e. The number of ether oxygens (including phenoxy) is 1. The summed E-state index contributed by atoms with van der Waals surface area (Å²) >= 11 is 0. The molecule has 158 valence electrons. The molecule has 1 aliphatic rings. The van der Waals surface area contributed by atoms with E-state index in [1.54, 1.807) is 4.90 Å². The number of nitrogens with two attached hydrogens (primary N) is 2. The summed E-state index contributed by atoms with van der Waals surface area (Å²) in [4.78, 5) is 22.9. The van der Waals surface area contributed by atoms with Gasteiger partial charge in [0.25, 0.3) is 0 Å². The van der Waals surface area contributed by atoms with Crippen LogP contribution in [0.2, 0.25) is 0 Å². The molecule has 1 saturated heterocycles. The van der Waals surface area contributed by atoms with E-state index < -0.39 is 5.60 Å². The monoisotopic (exact) mass is 409 g/mol. The maximum Gasteiger partial charge on any atom is 0.410 e. The number of nitrogen functional groups attached to an aromatic ring is 2. The van der Waals surface area contributed by atoms with Crippen LogP contribution in [0.4, 0.5) is 16.3 Å². The van der Waals surface area contributed by atoms with Crippen LogP contribution in [0.25, 0.3) is 22.3 Å². The molecule has 30 heavy (non-hydrogen) atoms. The summed E-state index contributed by atoms with van der Waals surface area (Å²) in [7, 11) is 0. The lowest BCUT2D eigenvalue weighted by Gasteiger charge is -2.34. The fourth-order valence-electron chi connectivity index (χ4n) is 3.74. The minimum atomic E-state index is -0.535. The average molecular weight is 409 g/mol. The van der Waals surface area contributed by atoms with Crippen molar-refractivity contribution >= 4 is 28.6 Å². The van der Waals surface area contributed by atoms with Gasteiger partial charge in [0.1, 0.15) is 23.4 Å². The van der Waals surface area contributed by atoms with E-state index in [2.05, 4.69) is 9.97 Å². The van der Waals surface area contributed by atoms with Crippen LogP contribution in [0.15, 0.2) is 30.6 Å². The second-order valence-corrected chi connectivity index (χ2v) is 8.60. The molecule has 4 rings (SSSR count). The van der Waals surface area contributed by atoms with E-state index in [1.165, 1.54) is 6.33 Å². The Morgan fingerprint density at radius 2 is 1.90 bits per heavy atom. The molecule has 4 N–H and O–H groups in total. The van der Waals surface area contributed by atoms with E-state index in [0.717, 1.165) is 18.4 Å². The topological polar surface area (TPSA) is 125 Å². The molecule has 1 amide bonds. The van der Waals surface area contributed by atoms with E-state index in [9.17, 15) is 4.79 Å². The first-order chi connectivity index (χ1) is 14.2. The van der Waals surface area contributed by atoms with Crippen molar-refractivity contribution in [1.29, 1.82) is 0 Å². The van der Waals surface area contributed by atoms with E-state index in [1.807, 2.05) is 49.7 Å². The van der Waals surface area contributed by atoms with E-state index in [0.29, 0.717) is 41.3 Å². The third-order valence-electron chi connectivity index (χ3n) is 5.10. The lowest BCUT2D eigenvalue weighted by molar-refractivity contribution is 0.0169. The van der Waals surface area contributed by atoms with Crippen LogP contribution in [0.5, 0.6) is 0 Å². The zero-order valence-corrected chi connectivity index (χ0v) is 17.5. The minimum absolute atomic E-state index is 0.0365. The van der Waals surface area contributed by atoms with Crippen LogP contribution in [-0.4, -0.2) is 49.4 Å². The van der Waals surface area contributed by atoms with Crippen LogP contribution in [0.1, 0.15) is 39.7 Å². The number of benzene rings is 1. The molecule has 1 unspecified atom stereocenters. The Morgan fingerprint density at radius 3 is 2.60 bits per heavy atom. The first kappa shape index (κ1) is 19.9. The van der Waals surface area contributed by atoms with Crippen LogP contribution in [0.3, 0.4) is 0 Å². The molecule has 1 atom stereocenters. The van der Waals surface area contributed by atoms with Gasteiger partial charge in [0.05, 0.1) is 11.4 Å². The zero-order chi connectivity index (χ0) is 21.5. The van der Waals surface area contributed by atoms with Crippen molar-refractivity contribution in [3.8, 4) is 11.3 Å². The smallest absolute Gasteiger partial charge is 0.410 e.